The Kier molecular flexibility index (Phi) is 2.53. The Morgan fingerprint density at radius 3 is 2.62 bits per heavy atom. The van der Waals surface area contributed by atoms with Gasteiger partial charge in [-0.15, -0.1) is 0 Å². The van der Waals surface area contributed by atoms with Crippen LogP contribution in [0, 0.1) is 0 Å². The van der Waals surface area contributed by atoms with Gasteiger partial charge in [0.2, 0.25) is 0 Å². The predicted octanol–water partition coefficient (Wildman–Crippen LogP) is -1.82. The molecule has 5 atom stereocenters. The largest absolute Gasteiger partial charge is 0.394 e. The number of nitrogens with one attached hydrogen (secondary N) is 1. The highest BCUT2D eigenvalue weighted by Crippen LogP contribution is 2.25. The van der Waals surface area contributed by atoms with Crippen LogP contribution in [-0.4, -0.2) is 52.5 Å². The van der Waals surface area contributed by atoms with E-state index in [1.807, 2.05) is 0 Å². The summed E-state index contributed by atoms with van der Waals surface area (Å²) in [6, 6.07) is -0.237. The highest BCUT2D eigenvalue weighted by Gasteiger charge is 2.41. The molecule has 2 aliphatic heterocycles. The van der Waals surface area contributed by atoms with E-state index in [0.29, 0.717) is 12.8 Å². The van der Waals surface area contributed by atoms with Gasteiger partial charge in [0.05, 0.1) is 24.9 Å². The summed E-state index contributed by atoms with van der Waals surface area (Å²) in [5.41, 5.74) is 0. The van der Waals surface area contributed by atoms with Gasteiger partial charge in [-0.1, -0.05) is 0 Å². The average molecular weight is 189 g/mol. The molecule has 2 bridgehead atoms. The number of fused-ring (bicyclic) bond motifs is 2. The van der Waals surface area contributed by atoms with Gasteiger partial charge < -0.3 is 25.4 Å². The third-order valence-corrected chi connectivity index (χ3v) is 2.77. The van der Waals surface area contributed by atoms with Crippen LogP contribution in [0.1, 0.15) is 12.8 Å². The van der Waals surface area contributed by atoms with Gasteiger partial charge in [0.25, 0.3) is 0 Å². The summed E-state index contributed by atoms with van der Waals surface area (Å²) >= 11 is 0. The normalized spacial score (nSPS) is 50.5. The molecule has 0 spiro atoms. The standard InChI is InChI=1S/C8H15NO4/c10-3-7-5-1-4(11)2-6(9-5)8(12)13-7/h4-12H,1-3H2. The molecule has 2 saturated heterocycles. The van der Waals surface area contributed by atoms with Crippen molar-refractivity contribution in [1.82, 2.24) is 5.32 Å². The van der Waals surface area contributed by atoms with E-state index in [4.69, 9.17) is 9.84 Å². The zero-order valence-corrected chi connectivity index (χ0v) is 7.26. The number of aliphatic hydroxyl groups is 3. The zero-order chi connectivity index (χ0) is 9.42. The van der Waals surface area contributed by atoms with Crippen LogP contribution in [0.4, 0.5) is 0 Å². The quantitative estimate of drug-likeness (QED) is 0.390. The van der Waals surface area contributed by atoms with Crippen LogP contribution in [0.15, 0.2) is 0 Å². The van der Waals surface area contributed by atoms with Crippen LogP contribution >= 0.6 is 0 Å². The SMILES string of the molecule is OCC1OC(O)C2CC(O)CC1N2. The Labute approximate surface area is 76.3 Å². The maximum absolute atomic E-state index is 9.46. The van der Waals surface area contributed by atoms with Crippen molar-refractivity contribution in [2.75, 3.05) is 6.61 Å². The first kappa shape index (κ1) is 9.36. The number of ether oxygens (including phenoxy) is 1. The first-order valence-corrected chi connectivity index (χ1v) is 4.59. The highest BCUT2D eigenvalue weighted by molar-refractivity contribution is 4.94. The Morgan fingerprint density at radius 2 is 1.92 bits per heavy atom. The van der Waals surface area contributed by atoms with Gasteiger partial charge in [0, 0.05) is 6.04 Å². The molecule has 0 aliphatic carbocycles. The Hall–Kier alpha value is -0.200. The smallest absolute Gasteiger partial charge is 0.170 e. The molecule has 2 heterocycles. The number of hydrogen-bond acceptors (Lipinski definition) is 5. The molecule has 2 fully saturated rings. The van der Waals surface area contributed by atoms with Gasteiger partial charge >= 0.3 is 0 Å². The fourth-order valence-corrected chi connectivity index (χ4v) is 2.09. The zero-order valence-electron chi connectivity index (χ0n) is 7.26. The molecule has 2 aliphatic rings. The fourth-order valence-electron chi connectivity index (χ4n) is 2.09. The lowest BCUT2D eigenvalue weighted by atomic mass is 9.90. The van der Waals surface area contributed by atoms with Crippen molar-refractivity contribution in [2.45, 2.75) is 43.4 Å². The fraction of sp³-hybridized carbons (Fsp3) is 1.00. The molecule has 5 heteroatoms. The van der Waals surface area contributed by atoms with Crippen molar-refractivity contribution < 1.29 is 20.1 Å². The molecule has 0 aromatic carbocycles. The highest BCUT2D eigenvalue weighted by atomic mass is 16.6. The summed E-state index contributed by atoms with van der Waals surface area (Å²) in [4.78, 5) is 0. The average Bonchev–Trinajstić information content (AvgIpc) is 2.11. The lowest BCUT2D eigenvalue weighted by Crippen LogP contribution is -2.64. The molecule has 76 valence electrons. The molecular weight excluding hydrogens is 174 g/mol. The minimum Gasteiger partial charge on any atom is -0.394 e. The van der Waals surface area contributed by atoms with Gasteiger partial charge in [-0.2, -0.15) is 0 Å². The van der Waals surface area contributed by atoms with E-state index in [2.05, 4.69) is 5.32 Å². The van der Waals surface area contributed by atoms with Gasteiger partial charge in [0.1, 0.15) is 0 Å². The third-order valence-electron chi connectivity index (χ3n) is 2.77. The van der Waals surface area contributed by atoms with Crippen LogP contribution in [0.3, 0.4) is 0 Å². The number of aliphatic hydroxyl groups excluding tert-OH is 3. The van der Waals surface area contributed by atoms with Crippen molar-refractivity contribution in [3.63, 3.8) is 0 Å². The van der Waals surface area contributed by atoms with Crippen LogP contribution in [-0.2, 0) is 4.74 Å². The second-order valence-corrected chi connectivity index (χ2v) is 3.75. The Balaban J connectivity index is 2.06. The van der Waals surface area contributed by atoms with Gasteiger partial charge in [-0.3, -0.25) is 0 Å². The molecule has 2 rings (SSSR count). The second kappa shape index (κ2) is 3.51. The van der Waals surface area contributed by atoms with Crippen molar-refractivity contribution in [3.8, 4) is 0 Å². The summed E-state index contributed by atoms with van der Waals surface area (Å²) in [7, 11) is 0. The van der Waals surface area contributed by atoms with Crippen LogP contribution in [0.25, 0.3) is 0 Å². The molecular formula is C8H15NO4. The van der Waals surface area contributed by atoms with E-state index in [0.717, 1.165) is 0 Å². The molecule has 5 unspecified atom stereocenters. The molecule has 5 nitrogen and oxygen atoms in total. The minimum absolute atomic E-state index is 0.0397. The van der Waals surface area contributed by atoms with E-state index in [1.54, 1.807) is 0 Å². The first-order valence-electron chi connectivity index (χ1n) is 4.59. The van der Waals surface area contributed by atoms with Crippen molar-refractivity contribution in [1.29, 1.82) is 0 Å². The Bertz CT molecular complexity index is 189. The summed E-state index contributed by atoms with van der Waals surface area (Å²) < 4.78 is 5.18. The summed E-state index contributed by atoms with van der Waals surface area (Å²) in [6.45, 7) is -0.131. The predicted molar refractivity (Wildman–Crippen MR) is 43.9 cm³/mol. The number of rotatable bonds is 1. The third kappa shape index (κ3) is 1.70. The lowest BCUT2D eigenvalue weighted by Gasteiger charge is -2.45. The summed E-state index contributed by atoms with van der Waals surface area (Å²) in [6.07, 6.45) is -0.627. The molecule has 0 aromatic rings. The maximum Gasteiger partial charge on any atom is 0.170 e. The van der Waals surface area contributed by atoms with Gasteiger partial charge in [-0.25, -0.2) is 0 Å². The van der Waals surface area contributed by atoms with Gasteiger partial charge in [-0.05, 0) is 12.8 Å². The van der Waals surface area contributed by atoms with E-state index in [-0.39, 0.29) is 18.7 Å². The number of hydrogen-bond donors (Lipinski definition) is 4. The van der Waals surface area contributed by atoms with E-state index in [9.17, 15) is 10.2 Å². The lowest BCUT2D eigenvalue weighted by molar-refractivity contribution is -0.216. The summed E-state index contributed by atoms with van der Waals surface area (Å²) in [5, 5.41) is 31.0. The van der Waals surface area contributed by atoms with Gasteiger partial charge in [0.15, 0.2) is 6.29 Å². The number of morpholine rings is 1. The Morgan fingerprint density at radius 1 is 1.23 bits per heavy atom. The topological polar surface area (TPSA) is 82.0 Å². The monoisotopic (exact) mass is 189 g/mol. The second-order valence-electron chi connectivity index (χ2n) is 3.75. The summed E-state index contributed by atoms with van der Waals surface area (Å²) in [5.74, 6) is 0. The van der Waals surface area contributed by atoms with Crippen LogP contribution in [0.2, 0.25) is 0 Å². The molecule has 4 N–H and O–H groups in total. The van der Waals surface area contributed by atoms with Crippen LogP contribution in [0.5, 0.6) is 0 Å². The van der Waals surface area contributed by atoms with Crippen molar-refractivity contribution in [2.24, 2.45) is 0 Å². The van der Waals surface area contributed by atoms with Crippen molar-refractivity contribution in [3.05, 3.63) is 0 Å². The maximum atomic E-state index is 9.46. The van der Waals surface area contributed by atoms with Crippen LogP contribution < -0.4 is 5.32 Å². The molecule has 0 saturated carbocycles. The number of piperidine rings is 1. The molecule has 0 amide bonds. The van der Waals surface area contributed by atoms with E-state index < -0.39 is 18.5 Å². The van der Waals surface area contributed by atoms with E-state index >= 15 is 0 Å². The molecule has 13 heavy (non-hydrogen) atoms. The first-order chi connectivity index (χ1) is 6.20. The van der Waals surface area contributed by atoms with E-state index in [1.165, 1.54) is 0 Å². The minimum atomic E-state index is -0.914. The molecule has 0 aromatic heterocycles. The molecule has 0 radical (unpaired) electrons. The van der Waals surface area contributed by atoms with Crippen molar-refractivity contribution >= 4 is 0 Å².